The highest BCUT2D eigenvalue weighted by Crippen LogP contribution is 2.18. The topological polar surface area (TPSA) is 85.8 Å². The van der Waals surface area contributed by atoms with Crippen molar-refractivity contribution in [2.75, 3.05) is 11.1 Å². The molecule has 0 bridgehead atoms. The van der Waals surface area contributed by atoms with Gasteiger partial charge in [0.2, 0.25) is 0 Å². The van der Waals surface area contributed by atoms with E-state index in [0.29, 0.717) is 0 Å². The fraction of sp³-hybridized carbons (Fsp3) is 0.0625. The van der Waals surface area contributed by atoms with Crippen LogP contribution in [0.1, 0.15) is 16.1 Å². The zero-order valence-electron chi connectivity index (χ0n) is 12.0. The number of rotatable bonds is 3. The summed E-state index contributed by atoms with van der Waals surface area (Å²) in [5, 5.41) is 10.6. The van der Waals surface area contributed by atoms with Gasteiger partial charge >= 0.3 is 0 Å². The minimum atomic E-state index is -0.381. The number of nitrogens with zero attached hydrogens (tertiary/aromatic N) is 3. The summed E-state index contributed by atoms with van der Waals surface area (Å²) in [6, 6.07) is 16.8. The van der Waals surface area contributed by atoms with Crippen LogP contribution in [0.15, 0.2) is 54.6 Å². The number of aryl methyl sites for hydroxylation is 1. The maximum atomic E-state index is 12.3. The first-order valence-corrected chi connectivity index (χ1v) is 6.80. The van der Waals surface area contributed by atoms with Crippen molar-refractivity contribution in [2.45, 2.75) is 6.92 Å². The van der Waals surface area contributed by atoms with Crippen LogP contribution in [-0.4, -0.2) is 20.9 Å². The molecule has 0 aliphatic heterocycles. The molecule has 1 amide bonds. The molecule has 6 nitrogen and oxygen atoms in total. The van der Waals surface area contributed by atoms with Crippen molar-refractivity contribution in [3.05, 3.63) is 65.9 Å². The Morgan fingerprint density at radius 2 is 1.77 bits per heavy atom. The Labute approximate surface area is 127 Å². The van der Waals surface area contributed by atoms with E-state index < -0.39 is 0 Å². The number of hydrogen-bond acceptors (Lipinski definition) is 4. The van der Waals surface area contributed by atoms with Gasteiger partial charge in [-0.3, -0.25) is 4.79 Å². The number of carbonyl (C=O) groups excluding carboxylic acids is 1. The quantitative estimate of drug-likeness (QED) is 0.776. The molecule has 0 atom stereocenters. The number of nitrogens with one attached hydrogen (secondary N) is 1. The van der Waals surface area contributed by atoms with Gasteiger partial charge in [-0.25, -0.2) is 0 Å². The van der Waals surface area contributed by atoms with Gasteiger partial charge in [-0.05, 0) is 30.7 Å². The number of nitrogen functional groups attached to an aromatic ring is 1. The van der Waals surface area contributed by atoms with Crippen LogP contribution < -0.4 is 11.1 Å². The van der Waals surface area contributed by atoms with E-state index in [2.05, 4.69) is 15.6 Å². The van der Waals surface area contributed by atoms with Gasteiger partial charge in [-0.15, -0.1) is 5.10 Å². The molecule has 0 saturated carbocycles. The van der Waals surface area contributed by atoms with Crippen LogP contribution in [0, 0.1) is 6.92 Å². The molecular weight excluding hydrogens is 278 g/mol. The molecule has 1 heterocycles. The summed E-state index contributed by atoms with van der Waals surface area (Å²) in [5.41, 5.74) is 8.55. The average Bonchev–Trinajstić information content (AvgIpc) is 2.92. The van der Waals surface area contributed by atoms with Gasteiger partial charge in [0.25, 0.3) is 5.91 Å². The third-order valence-electron chi connectivity index (χ3n) is 3.31. The van der Waals surface area contributed by atoms with E-state index in [1.165, 1.54) is 4.68 Å². The fourth-order valence-electron chi connectivity index (χ4n) is 2.11. The Morgan fingerprint density at radius 1 is 1.09 bits per heavy atom. The largest absolute Gasteiger partial charge is 0.382 e. The lowest BCUT2D eigenvalue weighted by Gasteiger charge is -2.07. The first-order chi connectivity index (χ1) is 10.7. The molecular formula is C16H15N5O. The number of anilines is 2. The van der Waals surface area contributed by atoms with E-state index in [0.717, 1.165) is 16.9 Å². The number of amides is 1. The highest BCUT2D eigenvalue weighted by molar-refractivity contribution is 6.06. The summed E-state index contributed by atoms with van der Waals surface area (Å²) in [6.45, 7) is 1.92. The van der Waals surface area contributed by atoms with Gasteiger partial charge in [0.05, 0.1) is 5.69 Å². The zero-order chi connectivity index (χ0) is 15.5. The predicted octanol–water partition coefficient (Wildman–Crippen LogP) is 2.41. The number of aromatic nitrogens is 3. The van der Waals surface area contributed by atoms with E-state index >= 15 is 0 Å². The highest BCUT2D eigenvalue weighted by atomic mass is 16.2. The maximum Gasteiger partial charge on any atom is 0.280 e. The van der Waals surface area contributed by atoms with Crippen molar-refractivity contribution in [1.29, 1.82) is 0 Å². The number of nitrogens with two attached hydrogens (primary N) is 1. The Hall–Kier alpha value is -3.15. The predicted molar refractivity (Wildman–Crippen MR) is 84.9 cm³/mol. The first kappa shape index (κ1) is 13.8. The maximum absolute atomic E-state index is 12.3. The smallest absolute Gasteiger partial charge is 0.280 e. The van der Waals surface area contributed by atoms with Crippen LogP contribution >= 0.6 is 0 Å². The third-order valence-corrected chi connectivity index (χ3v) is 3.31. The second-order valence-electron chi connectivity index (χ2n) is 4.84. The normalized spacial score (nSPS) is 10.4. The third kappa shape index (κ3) is 2.54. The summed E-state index contributed by atoms with van der Waals surface area (Å²) in [4.78, 5) is 12.3. The van der Waals surface area contributed by atoms with Crippen molar-refractivity contribution >= 4 is 17.4 Å². The lowest BCUT2D eigenvalue weighted by atomic mass is 10.2. The molecule has 0 fully saturated rings. The van der Waals surface area contributed by atoms with Gasteiger partial charge < -0.3 is 11.1 Å². The lowest BCUT2D eigenvalue weighted by molar-refractivity contribution is 0.102. The number of para-hydroxylation sites is 2. The lowest BCUT2D eigenvalue weighted by Crippen LogP contribution is -2.15. The van der Waals surface area contributed by atoms with Crippen LogP contribution in [0.4, 0.5) is 11.5 Å². The van der Waals surface area contributed by atoms with Gasteiger partial charge in [-0.1, -0.05) is 41.6 Å². The number of carbonyl (C=O) groups is 1. The van der Waals surface area contributed by atoms with E-state index in [9.17, 15) is 4.79 Å². The molecule has 0 saturated heterocycles. The van der Waals surface area contributed by atoms with Crippen molar-refractivity contribution in [2.24, 2.45) is 0 Å². The molecule has 0 aliphatic carbocycles. The molecule has 1 aromatic heterocycles. The molecule has 3 rings (SSSR count). The van der Waals surface area contributed by atoms with Crippen LogP contribution in [0.5, 0.6) is 0 Å². The molecule has 0 unspecified atom stereocenters. The Bertz CT molecular complexity index is 810. The molecule has 0 spiro atoms. The molecule has 3 aromatic rings. The van der Waals surface area contributed by atoms with Crippen LogP contribution in [0.2, 0.25) is 0 Å². The fourth-order valence-corrected chi connectivity index (χ4v) is 2.11. The molecule has 0 radical (unpaired) electrons. The number of hydrogen-bond donors (Lipinski definition) is 2. The van der Waals surface area contributed by atoms with Crippen molar-refractivity contribution in [3.63, 3.8) is 0 Å². The molecule has 22 heavy (non-hydrogen) atoms. The minimum Gasteiger partial charge on any atom is -0.382 e. The van der Waals surface area contributed by atoms with E-state index in [1.54, 1.807) is 0 Å². The highest BCUT2D eigenvalue weighted by Gasteiger charge is 2.18. The molecule has 110 valence electrons. The van der Waals surface area contributed by atoms with Crippen molar-refractivity contribution < 1.29 is 4.79 Å². The molecule has 6 heteroatoms. The van der Waals surface area contributed by atoms with E-state index in [-0.39, 0.29) is 17.4 Å². The summed E-state index contributed by atoms with van der Waals surface area (Å²) in [7, 11) is 0. The summed E-state index contributed by atoms with van der Waals surface area (Å²) < 4.78 is 1.44. The minimum absolute atomic E-state index is 0.104. The second-order valence-corrected chi connectivity index (χ2v) is 4.84. The zero-order valence-corrected chi connectivity index (χ0v) is 12.0. The van der Waals surface area contributed by atoms with Crippen molar-refractivity contribution in [1.82, 2.24) is 15.0 Å². The second kappa shape index (κ2) is 5.69. The summed E-state index contributed by atoms with van der Waals surface area (Å²) in [6.07, 6.45) is 0. The molecule has 0 aliphatic rings. The van der Waals surface area contributed by atoms with Crippen LogP contribution in [0.3, 0.4) is 0 Å². The number of benzene rings is 2. The molecule has 3 N–H and O–H groups in total. The van der Waals surface area contributed by atoms with E-state index in [4.69, 9.17) is 5.73 Å². The standard InChI is InChI=1S/C16H15N5O/c1-11-7-5-6-10-13(11)18-16(22)14-15(17)21(20-19-14)12-8-3-2-4-9-12/h2-10H,17H2,1H3,(H,18,22). The van der Waals surface area contributed by atoms with E-state index in [1.807, 2.05) is 61.5 Å². The summed E-state index contributed by atoms with van der Waals surface area (Å²) in [5.74, 6) is -0.175. The van der Waals surface area contributed by atoms with Gasteiger partial charge in [0, 0.05) is 5.69 Å². The van der Waals surface area contributed by atoms with Crippen LogP contribution in [-0.2, 0) is 0 Å². The van der Waals surface area contributed by atoms with Gasteiger partial charge in [0.15, 0.2) is 11.5 Å². The van der Waals surface area contributed by atoms with Crippen molar-refractivity contribution in [3.8, 4) is 5.69 Å². The van der Waals surface area contributed by atoms with Gasteiger partial charge in [-0.2, -0.15) is 4.68 Å². The van der Waals surface area contributed by atoms with Gasteiger partial charge in [0.1, 0.15) is 0 Å². The SMILES string of the molecule is Cc1ccccc1NC(=O)c1nnn(-c2ccccc2)c1N. The average molecular weight is 293 g/mol. The first-order valence-electron chi connectivity index (χ1n) is 6.80. The summed E-state index contributed by atoms with van der Waals surface area (Å²) >= 11 is 0. The Balaban J connectivity index is 1.89. The van der Waals surface area contributed by atoms with Crippen LogP contribution in [0.25, 0.3) is 5.69 Å². The molecule has 2 aromatic carbocycles. The monoisotopic (exact) mass is 293 g/mol. The Morgan fingerprint density at radius 3 is 2.50 bits per heavy atom. The Kier molecular flexibility index (Phi) is 3.57.